The Labute approximate surface area is 234 Å². The lowest BCUT2D eigenvalue weighted by Gasteiger charge is -2.31. The number of hydrogen-bond acceptors (Lipinski definition) is 4. The Morgan fingerprint density at radius 3 is 2.32 bits per heavy atom. The van der Waals surface area contributed by atoms with Crippen LogP contribution < -0.4 is 9.62 Å². The number of anilines is 1. The van der Waals surface area contributed by atoms with E-state index in [9.17, 15) is 22.4 Å². The Kier molecular flexibility index (Phi) is 10.8. The molecule has 208 valence electrons. The first-order valence-electron chi connectivity index (χ1n) is 12.7. The minimum absolute atomic E-state index is 0.00951. The Bertz CT molecular complexity index is 1220. The van der Waals surface area contributed by atoms with Crippen molar-refractivity contribution in [3.8, 4) is 0 Å². The van der Waals surface area contributed by atoms with Gasteiger partial charge in [0.05, 0.1) is 22.0 Å². The summed E-state index contributed by atoms with van der Waals surface area (Å²) in [6.07, 6.45) is 6.41. The predicted molar refractivity (Wildman–Crippen MR) is 149 cm³/mol. The van der Waals surface area contributed by atoms with Gasteiger partial charge in [-0.05, 0) is 68.1 Å². The largest absolute Gasteiger partial charge is 0.352 e. The first-order valence-corrected chi connectivity index (χ1v) is 15.3. The molecule has 1 fully saturated rings. The van der Waals surface area contributed by atoms with Gasteiger partial charge in [-0.1, -0.05) is 48.5 Å². The molecule has 3 rings (SSSR count). The van der Waals surface area contributed by atoms with Crippen LogP contribution in [0.4, 0.5) is 10.1 Å². The smallest absolute Gasteiger partial charge is 0.242 e. The van der Waals surface area contributed by atoms with Crippen molar-refractivity contribution in [2.75, 3.05) is 17.1 Å². The van der Waals surface area contributed by atoms with Gasteiger partial charge in [0.2, 0.25) is 21.8 Å². The van der Waals surface area contributed by atoms with Crippen LogP contribution in [0, 0.1) is 5.82 Å². The van der Waals surface area contributed by atoms with Gasteiger partial charge in [-0.3, -0.25) is 13.9 Å². The maximum atomic E-state index is 13.4. The second kappa shape index (κ2) is 13.6. The molecule has 0 aromatic heterocycles. The summed E-state index contributed by atoms with van der Waals surface area (Å²) >= 11 is 12.2. The Morgan fingerprint density at radius 2 is 1.71 bits per heavy atom. The molecule has 1 unspecified atom stereocenters. The van der Waals surface area contributed by atoms with Gasteiger partial charge < -0.3 is 10.2 Å². The maximum Gasteiger partial charge on any atom is 0.242 e. The van der Waals surface area contributed by atoms with Gasteiger partial charge in [0.15, 0.2) is 0 Å². The summed E-state index contributed by atoms with van der Waals surface area (Å²) in [5.41, 5.74) is 1.03. The number of carbonyl (C=O) groups is 2. The van der Waals surface area contributed by atoms with E-state index in [1.54, 1.807) is 25.1 Å². The van der Waals surface area contributed by atoms with E-state index < -0.39 is 21.9 Å². The van der Waals surface area contributed by atoms with Crippen molar-refractivity contribution in [1.29, 1.82) is 0 Å². The molecule has 0 saturated heterocycles. The molecule has 7 nitrogen and oxygen atoms in total. The second-order valence-corrected chi connectivity index (χ2v) is 12.4. The molecule has 0 radical (unpaired) electrons. The van der Waals surface area contributed by atoms with Gasteiger partial charge in [0, 0.05) is 25.6 Å². The number of carbonyl (C=O) groups excluding carboxylic acids is 2. The number of hydrogen-bond donors (Lipinski definition) is 1. The summed E-state index contributed by atoms with van der Waals surface area (Å²) in [7, 11) is -3.66. The molecule has 0 heterocycles. The van der Waals surface area contributed by atoms with Gasteiger partial charge in [0.1, 0.15) is 11.9 Å². The molecule has 38 heavy (non-hydrogen) atoms. The molecule has 11 heteroatoms. The minimum Gasteiger partial charge on any atom is -0.352 e. The molecule has 1 atom stereocenters. The van der Waals surface area contributed by atoms with Crippen LogP contribution in [-0.2, 0) is 26.2 Å². The van der Waals surface area contributed by atoms with Crippen LogP contribution in [0.5, 0.6) is 0 Å². The predicted octanol–water partition coefficient (Wildman–Crippen LogP) is 5.54. The summed E-state index contributed by atoms with van der Waals surface area (Å²) in [5.74, 6) is -1.000. The molecule has 0 aliphatic heterocycles. The summed E-state index contributed by atoms with van der Waals surface area (Å²) in [4.78, 5) is 28.0. The summed E-state index contributed by atoms with van der Waals surface area (Å²) in [6.45, 7) is 1.86. The Hall–Kier alpha value is -2.36. The van der Waals surface area contributed by atoms with Crippen molar-refractivity contribution >= 4 is 50.7 Å². The van der Waals surface area contributed by atoms with Gasteiger partial charge in [-0.2, -0.15) is 0 Å². The zero-order chi connectivity index (χ0) is 27.9. The first kappa shape index (κ1) is 30.2. The van der Waals surface area contributed by atoms with Crippen LogP contribution in [0.3, 0.4) is 0 Å². The number of amides is 2. The lowest BCUT2D eigenvalue weighted by atomic mass is 9.95. The van der Waals surface area contributed by atoms with Gasteiger partial charge in [-0.25, -0.2) is 12.8 Å². The normalized spacial score (nSPS) is 15.1. The SMILES string of the molecule is CC(C(=O)NC1CCCCC1)N(Cc1ccc(Cl)c(Cl)c1)C(=O)CCCN(c1ccc(F)cc1)S(C)(=O)=O. The van der Waals surface area contributed by atoms with E-state index in [1.165, 1.54) is 29.2 Å². The first-order chi connectivity index (χ1) is 18.0. The fourth-order valence-electron chi connectivity index (χ4n) is 4.60. The average molecular weight is 587 g/mol. The van der Waals surface area contributed by atoms with Gasteiger partial charge in [-0.15, -0.1) is 0 Å². The van der Waals surface area contributed by atoms with E-state index in [0.717, 1.165) is 42.7 Å². The average Bonchev–Trinajstić information content (AvgIpc) is 2.87. The van der Waals surface area contributed by atoms with Gasteiger partial charge in [0.25, 0.3) is 0 Å². The highest BCUT2D eigenvalue weighted by molar-refractivity contribution is 7.92. The van der Waals surface area contributed by atoms with E-state index in [2.05, 4.69) is 5.32 Å². The Balaban J connectivity index is 1.73. The van der Waals surface area contributed by atoms with Crippen LogP contribution in [0.15, 0.2) is 42.5 Å². The highest BCUT2D eigenvalue weighted by Gasteiger charge is 2.28. The molecule has 0 bridgehead atoms. The van der Waals surface area contributed by atoms with Crippen molar-refractivity contribution in [1.82, 2.24) is 10.2 Å². The van der Waals surface area contributed by atoms with E-state index in [-0.39, 0.29) is 43.8 Å². The van der Waals surface area contributed by atoms with Crippen molar-refractivity contribution in [3.63, 3.8) is 0 Å². The zero-order valence-electron chi connectivity index (χ0n) is 21.6. The second-order valence-electron chi connectivity index (χ2n) is 9.70. The number of halogens is 3. The fourth-order valence-corrected chi connectivity index (χ4v) is 5.88. The number of sulfonamides is 1. The molecular weight excluding hydrogens is 552 g/mol. The minimum atomic E-state index is -3.66. The summed E-state index contributed by atoms with van der Waals surface area (Å²) in [6, 6.07) is 9.53. The third kappa shape index (κ3) is 8.58. The van der Waals surface area contributed by atoms with E-state index in [1.807, 2.05) is 0 Å². The number of nitrogens with zero attached hydrogens (tertiary/aromatic N) is 2. The van der Waals surface area contributed by atoms with Crippen molar-refractivity contribution in [2.45, 2.75) is 70.5 Å². The maximum absolute atomic E-state index is 13.4. The van der Waals surface area contributed by atoms with Crippen molar-refractivity contribution in [3.05, 3.63) is 63.9 Å². The van der Waals surface area contributed by atoms with Crippen LogP contribution in [0.2, 0.25) is 10.0 Å². The lowest BCUT2D eigenvalue weighted by molar-refractivity contribution is -0.141. The highest BCUT2D eigenvalue weighted by atomic mass is 35.5. The standard InChI is InChI=1S/C27H34Cl2FN3O4S/c1-19(27(35)31-22-7-4-3-5-8-22)32(18-20-10-15-24(28)25(29)17-20)26(34)9-6-16-33(38(2,36)37)23-13-11-21(30)12-14-23/h10-15,17,19,22H,3-9,16,18H2,1-2H3,(H,31,35). The fraction of sp³-hybridized carbons (Fsp3) is 0.481. The zero-order valence-corrected chi connectivity index (χ0v) is 24.0. The van der Waals surface area contributed by atoms with Crippen LogP contribution in [-0.4, -0.2) is 50.0 Å². The number of benzene rings is 2. The monoisotopic (exact) mass is 585 g/mol. The molecule has 0 spiro atoms. The molecular formula is C27H34Cl2FN3O4S. The highest BCUT2D eigenvalue weighted by Crippen LogP contribution is 2.25. The molecule has 1 aliphatic rings. The molecule has 1 aliphatic carbocycles. The van der Waals surface area contributed by atoms with Crippen LogP contribution in [0.1, 0.15) is 57.4 Å². The van der Waals surface area contributed by atoms with Gasteiger partial charge >= 0.3 is 0 Å². The van der Waals surface area contributed by atoms with Crippen molar-refractivity contribution < 1.29 is 22.4 Å². The summed E-state index contributed by atoms with van der Waals surface area (Å²) in [5, 5.41) is 3.82. The third-order valence-electron chi connectivity index (χ3n) is 6.72. The molecule has 2 aromatic rings. The van der Waals surface area contributed by atoms with Crippen molar-refractivity contribution in [2.24, 2.45) is 0 Å². The van der Waals surface area contributed by atoms with E-state index in [0.29, 0.717) is 21.3 Å². The molecule has 1 N–H and O–H groups in total. The molecule has 2 amide bonds. The third-order valence-corrected chi connectivity index (χ3v) is 8.66. The lowest BCUT2D eigenvalue weighted by Crippen LogP contribution is -2.50. The molecule has 2 aromatic carbocycles. The quantitative estimate of drug-likeness (QED) is 0.375. The number of nitrogens with one attached hydrogen (secondary N) is 1. The van der Waals surface area contributed by atoms with E-state index >= 15 is 0 Å². The van der Waals surface area contributed by atoms with Crippen LogP contribution in [0.25, 0.3) is 0 Å². The molecule has 1 saturated carbocycles. The number of rotatable bonds is 11. The van der Waals surface area contributed by atoms with Crippen LogP contribution >= 0.6 is 23.2 Å². The Morgan fingerprint density at radius 1 is 1.05 bits per heavy atom. The topological polar surface area (TPSA) is 86.8 Å². The van der Waals surface area contributed by atoms with E-state index in [4.69, 9.17) is 23.2 Å². The summed E-state index contributed by atoms with van der Waals surface area (Å²) < 4.78 is 39.2.